The number of hydrogen-bond donors (Lipinski definition) is 1. The van der Waals surface area contributed by atoms with Gasteiger partial charge in [-0.05, 0) is 30.2 Å². The van der Waals surface area contributed by atoms with Gasteiger partial charge in [-0.3, -0.25) is 4.99 Å². The molecule has 15 heavy (non-hydrogen) atoms. The summed E-state index contributed by atoms with van der Waals surface area (Å²) < 4.78 is 0. The Kier molecular flexibility index (Phi) is 1.75. The van der Waals surface area contributed by atoms with Crippen LogP contribution in [0.5, 0.6) is 5.75 Å². The summed E-state index contributed by atoms with van der Waals surface area (Å²) in [5.74, 6) is 0.310. The smallest absolute Gasteiger partial charge is 0.124 e. The van der Waals surface area contributed by atoms with Gasteiger partial charge in [0.15, 0.2) is 0 Å². The van der Waals surface area contributed by atoms with Gasteiger partial charge >= 0.3 is 0 Å². The van der Waals surface area contributed by atoms with Crippen molar-refractivity contribution < 1.29 is 5.11 Å². The predicted molar refractivity (Wildman–Crippen MR) is 59.0 cm³/mol. The first kappa shape index (κ1) is 8.48. The minimum absolute atomic E-state index is 0.240. The molecule has 0 fully saturated rings. The van der Waals surface area contributed by atoms with Crippen molar-refractivity contribution in [1.82, 2.24) is 0 Å². The van der Waals surface area contributed by atoms with Crippen molar-refractivity contribution in [3.8, 4) is 5.75 Å². The van der Waals surface area contributed by atoms with E-state index in [-0.39, 0.29) is 6.04 Å². The summed E-state index contributed by atoms with van der Waals surface area (Å²) in [6.45, 7) is 0. The van der Waals surface area contributed by atoms with Crippen LogP contribution >= 0.6 is 0 Å². The van der Waals surface area contributed by atoms with Crippen molar-refractivity contribution in [3.05, 3.63) is 52.6 Å². The van der Waals surface area contributed by atoms with Crippen LogP contribution in [-0.4, -0.2) is 11.1 Å². The zero-order valence-corrected chi connectivity index (χ0v) is 8.22. The number of benzene rings is 1. The standard InChI is InChI=1S/C13H11NO/c15-13-7-3-6-12-10(13)8-9-4-1-2-5-11(9)14-12/h1-4,6-8,11,15H,5H2. The van der Waals surface area contributed by atoms with Crippen LogP contribution < -0.4 is 10.6 Å². The minimum atomic E-state index is 0.240. The van der Waals surface area contributed by atoms with Gasteiger partial charge in [-0.15, -0.1) is 0 Å². The van der Waals surface area contributed by atoms with Crippen LogP contribution in [0.15, 0.2) is 47.0 Å². The van der Waals surface area contributed by atoms with E-state index in [0.29, 0.717) is 5.75 Å². The number of hydrogen-bond acceptors (Lipinski definition) is 2. The average Bonchev–Trinajstić information content (AvgIpc) is 2.27. The van der Waals surface area contributed by atoms with E-state index < -0.39 is 0 Å². The molecule has 2 aliphatic rings. The van der Waals surface area contributed by atoms with E-state index in [0.717, 1.165) is 17.0 Å². The summed E-state index contributed by atoms with van der Waals surface area (Å²) in [5, 5.41) is 11.4. The number of phenols is 1. The van der Waals surface area contributed by atoms with Crippen LogP contribution in [0.25, 0.3) is 6.08 Å². The van der Waals surface area contributed by atoms with Crippen LogP contribution in [0.1, 0.15) is 6.42 Å². The number of aromatic hydroxyl groups is 1. The highest BCUT2D eigenvalue weighted by molar-refractivity contribution is 5.56. The zero-order chi connectivity index (χ0) is 10.3. The Morgan fingerprint density at radius 3 is 3.20 bits per heavy atom. The van der Waals surface area contributed by atoms with Crippen molar-refractivity contribution >= 4 is 6.08 Å². The molecule has 0 bridgehead atoms. The summed E-state index contributed by atoms with van der Waals surface area (Å²) in [7, 11) is 0. The molecule has 1 aliphatic heterocycles. The van der Waals surface area contributed by atoms with E-state index >= 15 is 0 Å². The van der Waals surface area contributed by atoms with E-state index in [4.69, 9.17) is 0 Å². The summed E-state index contributed by atoms with van der Waals surface area (Å²) in [4.78, 5) is 4.62. The Bertz CT molecular complexity index is 581. The van der Waals surface area contributed by atoms with E-state index in [1.807, 2.05) is 24.3 Å². The third-order valence-electron chi connectivity index (χ3n) is 2.83. The third-order valence-corrected chi connectivity index (χ3v) is 2.83. The van der Waals surface area contributed by atoms with Gasteiger partial charge in [0.05, 0.1) is 11.4 Å². The van der Waals surface area contributed by atoms with E-state index in [2.05, 4.69) is 17.1 Å². The maximum Gasteiger partial charge on any atom is 0.124 e. The Morgan fingerprint density at radius 1 is 1.33 bits per heavy atom. The summed E-state index contributed by atoms with van der Waals surface area (Å²) in [5.41, 5.74) is 1.19. The van der Waals surface area contributed by atoms with E-state index in [1.54, 1.807) is 6.07 Å². The highest BCUT2D eigenvalue weighted by Crippen LogP contribution is 2.19. The first-order valence-corrected chi connectivity index (χ1v) is 5.09. The molecule has 1 heterocycles. The zero-order valence-electron chi connectivity index (χ0n) is 8.22. The highest BCUT2D eigenvalue weighted by Gasteiger charge is 2.15. The lowest BCUT2D eigenvalue weighted by atomic mass is 9.96. The number of fused-ring (bicyclic) bond motifs is 2. The molecule has 2 heteroatoms. The second kappa shape index (κ2) is 3.09. The number of nitrogens with zero attached hydrogens (tertiary/aromatic N) is 1. The van der Waals surface area contributed by atoms with Crippen molar-refractivity contribution in [2.75, 3.05) is 0 Å². The molecule has 0 spiro atoms. The molecule has 1 N–H and O–H groups in total. The van der Waals surface area contributed by atoms with Crippen molar-refractivity contribution in [1.29, 1.82) is 0 Å². The van der Waals surface area contributed by atoms with Crippen molar-refractivity contribution in [2.45, 2.75) is 12.5 Å². The van der Waals surface area contributed by atoms with Crippen LogP contribution in [-0.2, 0) is 0 Å². The largest absolute Gasteiger partial charge is 0.507 e. The molecule has 3 rings (SSSR count). The highest BCUT2D eigenvalue weighted by atomic mass is 16.3. The Morgan fingerprint density at radius 2 is 2.27 bits per heavy atom. The number of rotatable bonds is 0. The van der Waals surface area contributed by atoms with Gasteiger partial charge in [0.2, 0.25) is 0 Å². The molecule has 0 saturated carbocycles. The van der Waals surface area contributed by atoms with Gasteiger partial charge in [-0.25, -0.2) is 0 Å². The monoisotopic (exact) mass is 197 g/mol. The Balaban J connectivity index is 2.33. The molecule has 0 saturated heterocycles. The third kappa shape index (κ3) is 1.30. The first-order chi connectivity index (χ1) is 7.34. The Hall–Kier alpha value is -1.83. The maximum absolute atomic E-state index is 9.71. The van der Waals surface area contributed by atoms with Gasteiger partial charge in [0.25, 0.3) is 0 Å². The normalized spacial score (nSPS) is 21.9. The minimum Gasteiger partial charge on any atom is -0.507 e. The number of phenolic OH excluding ortho intramolecular Hbond substituents is 1. The van der Waals surface area contributed by atoms with Crippen LogP contribution in [0.3, 0.4) is 0 Å². The van der Waals surface area contributed by atoms with Crippen LogP contribution in [0, 0.1) is 0 Å². The first-order valence-electron chi connectivity index (χ1n) is 5.09. The molecule has 2 nitrogen and oxygen atoms in total. The lowest BCUT2D eigenvalue weighted by molar-refractivity contribution is 0.469. The van der Waals surface area contributed by atoms with Crippen LogP contribution in [0.4, 0.5) is 0 Å². The summed E-state index contributed by atoms with van der Waals surface area (Å²) in [6, 6.07) is 5.72. The lowest BCUT2D eigenvalue weighted by Crippen LogP contribution is -2.32. The van der Waals surface area contributed by atoms with Gasteiger partial charge < -0.3 is 5.11 Å². The molecule has 0 aromatic heterocycles. The predicted octanol–water partition coefficient (Wildman–Crippen LogP) is 1.06. The molecule has 1 unspecified atom stereocenters. The van der Waals surface area contributed by atoms with Crippen LogP contribution in [0.2, 0.25) is 0 Å². The van der Waals surface area contributed by atoms with Gasteiger partial charge in [-0.2, -0.15) is 0 Å². The van der Waals surface area contributed by atoms with Crippen molar-refractivity contribution in [2.24, 2.45) is 4.99 Å². The Labute approximate surface area is 87.6 Å². The molecule has 1 aromatic rings. The van der Waals surface area contributed by atoms with E-state index in [9.17, 15) is 5.11 Å². The second-order valence-electron chi connectivity index (χ2n) is 3.83. The van der Waals surface area contributed by atoms with Gasteiger partial charge in [0, 0.05) is 5.22 Å². The fraction of sp³-hybridized carbons (Fsp3) is 0.154. The van der Waals surface area contributed by atoms with E-state index in [1.165, 1.54) is 5.57 Å². The van der Waals surface area contributed by atoms with Gasteiger partial charge in [-0.1, -0.05) is 24.3 Å². The number of allylic oxidation sites excluding steroid dienone is 2. The molecular formula is C13H11NO. The topological polar surface area (TPSA) is 32.6 Å². The average molecular weight is 197 g/mol. The molecular weight excluding hydrogens is 186 g/mol. The lowest BCUT2D eigenvalue weighted by Gasteiger charge is -2.18. The molecule has 74 valence electrons. The molecule has 1 aliphatic carbocycles. The van der Waals surface area contributed by atoms with Crippen molar-refractivity contribution in [3.63, 3.8) is 0 Å². The fourth-order valence-corrected chi connectivity index (χ4v) is 2.04. The molecule has 0 amide bonds. The quantitative estimate of drug-likeness (QED) is 0.662. The molecule has 0 radical (unpaired) electrons. The summed E-state index contributed by atoms with van der Waals surface area (Å²) >= 11 is 0. The SMILES string of the molecule is Oc1cccc2c1=CC1=CC=CCC1N=2. The van der Waals surface area contributed by atoms with Gasteiger partial charge in [0.1, 0.15) is 5.75 Å². The maximum atomic E-state index is 9.71. The molecule has 1 atom stereocenters. The summed E-state index contributed by atoms with van der Waals surface area (Å²) in [6.07, 6.45) is 9.22. The molecule has 1 aromatic carbocycles. The fourth-order valence-electron chi connectivity index (χ4n) is 2.04. The second-order valence-corrected chi connectivity index (χ2v) is 3.83.